The van der Waals surface area contributed by atoms with Crippen LogP contribution in [0, 0.1) is 0 Å². The third-order valence-electron chi connectivity index (χ3n) is 2.62. The topological polar surface area (TPSA) is 68.8 Å². The van der Waals surface area contributed by atoms with Gasteiger partial charge in [-0.3, -0.25) is 0 Å². The maximum atomic E-state index is 9.61. The van der Waals surface area contributed by atoms with E-state index in [2.05, 4.69) is 15.3 Å². The Labute approximate surface area is 104 Å². The lowest BCUT2D eigenvalue weighted by molar-refractivity contribution is 0.168. The summed E-state index contributed by atoms with van der Waals surface area (Å²) in [6.07, 6.45) is 3.37. The molecule has 92 valence electrons. The van der Waals surface area contributed by atoms with Gasteiger partial charge in [-0.25, -0.2) is 9.67 Å². The molecule has 2 heterocycles. The summed E-state index contributed by atoms with van der Waals surface area (Å²) in [6.45, 7) is 2.37. The van der Waals surface area contributed by atoms with E-state index in [1.807, 2.05) is 14.0 Å². The molecule has 0 saturated carbocycles. The average Bonchev–Trinajstić information content (AvgIpc) is 2.91. The van der Waals surface area contributed by atoms with E-state index >= 15 is 0 Å². The molecule has 2 rings (SSSR count). The van der Waals surface area contributed by atoms with Crippen LogP contribution >= 0.6 is 11.6 Å². The van der Waals surface area contributed by atoms with Gasteiger partial charge < -0.3 is 9.67 Å². The second kappa shape index (κ2) is 4.85. The summed E-state index contributed by atoms with van der Waals surface area (Å²) in [7, 11) is 1.84. The minimum Gasteiger partial charge on any atom is -0.387 e. The van der Waals surface area contributed by atoms with Gasteiger partial charge >= 0.3 is 0 Å². The minimum atomic E-state index is -0.561. The van der Waals surface area contributed by atoms with Crippen molar-refractivity contribution < 1.29 is 5.11 Å². The first kappa shape index (κ1) is 12.1. The van der Waals surface area contributed by atoms with E-state index in [0.717, 1.165) is 5.82 Å². The fraction of sp³-hybridized carbons (Fsp3) is 0.500. The lowest BCUT2D eigenvalue weighted by Crippen LogP contribution is -2.06. The Morgan fingerprint density at radius 2 is 2.29 bits per heavy atom. The molecule has 0 aromatic carbocycles. The predicted molar refractivity (Wildman–Crippen MR) is 62.6 cm³/mol. The largest absolute Gasteiger partial charge is 0.387 e. The van der Waals surface area contributed by atoms with Crippen molar-refractivity contribution in [1.29, 1.82) is 0 Å². The molecule has 2 aromatic rings. The van der Waals surface area contributed by atoms with Gasteiger partial charge in [0.2, 0.25) is 0 Å². The van der Waals surface area contributed by atoms with E-state index in [4.69, 9.17) is 11.6 Å². The number of imidazole rings is 1. The van der Waals surface area contributed by atoms with Crippen LogP contribution in [-0.4, -0.2) is 29.7 Å². The highest BCUT2D eigenvalue weighted by atomic mass is 35.5. The Balaban J connectivity index is 2.14. The number of nitrogens with zero attached hydrogens (tertiary/aromatic N) is 5. The van der Waals surface area contributed by atoms with Crippen molar-refractivity contribution >= 4 is 11.6 Å². The van der Waals surface area contributed by atoms with Crippen molar-refractivity contribution in [3.63, 3.8) is 0 Å². The van der Waals surface area contributed by atoms with Gasteiger partial charge in [0.05, 0.1) is 18.5 Å². The molecule has 0 aliphatic heterocycles. The zero-order valence-electron chi connectivity index (χ0n) is 9.71. The molecule has 0 fully saturated rings. The van der Waals surface area contributed by atoms with Gasteiger partial charge in [-0.05, 0) is 6.42 Å². The molecule has 0 aliphatic carbocycles. The molecular formula is C10H14ClN5O. The highest BCUT2D eigenvalue weighted by molar-refractivity contribution is 6.29. The molecule has 0 saturated heterocycles. The number of aliphatic hydroxyl groups excluding tert-OH is 1. The van der Waals surface area contributed by atoms with Crippen LogP contribution in [0.25, 0.3) is 0 Å². The van der Waals surface area contributed by atoms with Crippen LogP contribution in [0.15, 0.2) is 12.4 Å². The second-order valence-electron chi connectivity index (χ2n) is 3.82. The van der Waals surface area contributed by atoms with Crippen molar-refractivity contribution in [3.8, 4) is 0 Å². The van der Waals surface area contributed by atoms with Crippen LogP contribution in [-0.2, 0) is 13.6 Å². The number of aromatic nitrogens is 5. The van der Waals surface area contributed by atoms with E-state index in [1.54, 1.807) is 21.6 Å². The quantitative estimate of drug-likeness (QED) is 0.890. The van der Waals surface area contributed by atoms with E-state index in [1.165, 1.54) is 0 Å². The zero-order chi connectivity index (χ0) is 12.4. The first-order chi connectivity index (χ1) is 8.11. The summed E-state index contributed by atoms with van der Waals surface area (Å²) < 4.78 is 3.41. The zero-order valence-corrected chi connectivity index (χ0v) is 10.5. The highest BCUT2D eigenvalue weighted by Gasteiger charge is 2.11. The number of rotatable bonds is 4. The van der Waals surface area contributed by atoms with Gasteiger partial charge in [0.1, 0.15) is 23.2 Å². The van der Waals surface area contributed by atoms with Gasteiger partial charge in [-0.1, -0.05) is 23.7 Å². The standard InChI is InChI=1S/C10H14ClN5O/c1-3-8(17)7-5-16(14-13-7)6-10-12-4-9(11)15(10)2/h4-5,8,17H,3,6H2,1-2H3. The third kappa shape index (κ3) is 2.48. The maximum absolute atomic E-state index is 9.61. The molecule has 1 unspecified atom stereocenters. The minimum absolute atomic E-state index is 0.479. The van der Waals surface area contributed by atoms with Crippen LogP contribution in [0.3, 0.4) is 0 Å². The Morgan fingerprint density at radius 3 is 2.88 bits per heavy atom. The van der Waals surface area contributed by atoms with Crippen molar-refractivity contribution in [2.75, 3.05) is 0 Å². The van der Waals surface area contributed by atoms with Crippen LogP contribution in [0.2, 0.25) is 5.15 Å². The lowest BCUT2D eigenvalue weighted by atomic mass is 10.2. The van der Waals surface area contributed by atoms with E-state index in [-0.39, 0.29) is 0 Å². The number of aliphatic hydroxyl groups is 1. The van der Waals surface area contributed by atoms with Crippen LogP contribution < -0.4 is 0 Å². The summed E-state index contributed by atoms with van der Waals surface area (Å²) in [5.74, 6) is 0.789. The first-order valence-corrected chi connectivity index (χ1v) is 5.73. The second-order valence-corrected chi connectivity index (χ2v) is 4.21. The van der Waals surface area contributed by atoms with E-state index in [9.17, 15) is 5.11 Å². The monoisotopic (exact) mass is 255 g/mol. The molecule has 7 heteroatoms. The van der Waals surface area contributed by atoms with Crippen LogP contribution in [0.4, 0.5) is 0 Å². The van der Waals surface area contributed by atoms with E-state index < -0.39 is 6.10 Å². The summed E-state index contributed by atoms with van der Waals surface area (Å²) in [4.78, 5) is 4.16. The summed E-state index contributed by atoms with van der Waals surface area (Å²) >= 11 is 5.89. The number of hydrogen-bond donors (Lipinski definition) is 1. The predicted octanol–water partition coefficient (Wildman–Crippen LogP) is 1.16. The molecule has 1 N–H and O–H groups in total. The molecule has 0 radical (unpaired) electrons. The van der Waals surface area contributed by atoms with Gasteiger partial charge in [0, 0.05) is 7.05 Å². The summed E-state index contributed by atoms with van der Waals surface area (Å²) in [5, 5.41) is 18.0. The average molecular weight is 256 g/mol. The van der Waals surface area contributed by atoms with Crippen molar-refractivity contribution in [2.45, 2.75) is 26.0 Å². The smallest absolute Gasteiger partial charge is 0.131 e. The van der Waals surface area contributed by atoms with Crippen LogP contribution in [0.1, 0.15) is 31.0 Å². The maximum Gasteiger partial charge on any atom is 0.131 e. The molecule has 0 amide bonds. The fourth-order valence-corrected chi connectivity index (χ4v) is 1.61. The highest BCUT2D eigenvalue weighted by Crippen LogP contribution is 2.13. The molecule has 1 atom stereocenters. The summed E-state index contributed by atoms with van der Waals surface area (Å²) in [5.41, 5.74) is 0.577. The SMILES string of the molecule is CCC(O)c1cn(Cc2ncc(Cl)n2C)nn1. The van der Waals surface area contributed by atoms with Gasteiger partial charge in [0.15, 0.2) is 0 Å². The number of halogens is 1. The Hall–Kier alpha value is -1.40. The molecule has 17 heavy (non-hydrogen) atoms. The first-order valence-electron chi connectivity index (χ1n) is 5.36. The van der Waals surface area contributed by atoms with Gasteiger partial charge in [0.25, 0.3) is 0 Å². The fourth-order valence-electron chi connectivity index (χ4n) is 1.47. The van der Waals surface area contributed by atoms with Gasteiger partial charge in [-0.15, -0.1) is 5.10 Å². The van der Waals surface area contributed by atoms with Gasteiger partial charge in [-0.2, -0.15) is 0 Å². The normalized spacial score (nSPS) is 12.9. The third-order valence-corrected chi connectivity index (χ3v) is 2.97. The summed E-state index contributed by atoms with van der Waals surface area (Å²) in [6, 6.07) is 0. The molecule has 2 aromatic heterocycles. The number of hydrogen-bond acceptors (Lipinski definition) is 4. The Kier molecular flexibility index (Phi) is 3.44. The molecule has 6 nitrogen and oxygen atoms in total. The Morgan fingerprint density at radius 1 is 1.53 bits per heavy atom. The van der Waals surface area contributed by atoms with Crippen molar-refractivity contribution in [2.24, 2.45) is 7.05 Å². The van der Waals surface area contributed by atoms with Crippen molar-refractivity contribution in [3.05, 3.63) is 29.1 Å². The van der Waals surface area contributed by atoms with Crippen LogP contribution in [0.5, 0.6) is 0 Å². The van der Waals surface area contributed by atoms with Crippen molar-refractivity contribution in [1.82, 2.24) is 24.5 Å². The molecule has 0 aliphatic rings. The molecule has 0 spiro atoms. The molecule has 0 bridgehead atoms. The Bertz CT molecular complexity index is 507. The lowest BCUT2D eigenvalue weighted by Gasteiger charge is -2.02. The molecular weight excluding hydrogens is 242 g/mol. The van der Waals surface area contributed by atoms with E-state index in [0.29, 0.717) is 23.8 Å².